The van der Waals surface area contributed by atoms with Crippen molar-refractivity contribution in [1.29, 1.82) is 0 Å². The van der Waals surface area contributed by atoms with Crippen molar-refractivity contribution in [3.8, 4) is 5.69 Å². The maximum atomic E-state index is 13.1. The highest BCUT2D eigenvalue weighted by Gasteiger charge is 2.30. The molecular formula is C24H24F3N3O3. The Bertz CT molecular complexity index is 1200. The van der Waals surface area contributed by atoms with Crippen LogP contribution in [0.3, 0.4) is 0 Å². The van der Waals surface area contributed by atoms with Crippen LogP contribution in [-0.4, -0.2) is 21.8 Å². The van der Waals surface area contributed by atoms with Gasteiger partial charge in [-0.25, -0.2) is 4.68 Å². The minimum absolute atomic E-state index is 0.0833. The molecule has 3 rings (SSSR count). The van der Waals surface area contributed by atoms with Gasteiger partial charge >= 0.3 is 6.18 Å². The van der Waals surface area contributed by atoms with Gasteiger partial charge in [-0.3, -0.25) is 9.59 Å². The van der Waals surface area contributed by atoms with Gasteiger partial charge in [0.05, 0.1) is 24.0 Å². The topological polar surface area (TPSA) is 73.2 Å². The van der Waals surface area contributed by atoms with Gasteiger partial charge in [-0.1, -0.05) is 30.3 Å². The number of aryl methyl sites for hydroxylation is 1. The van der Waals surface area contributed by atoms with E-state index in [4.69, 9.17) is 4.74 Å². The van der Waals surface area contributed by atoms with E-state index in [0.717, 1.165) is 27.9 Å². The highest BCUT2D eigenvalue weighted by atomic mass is 19.4. The van der Waals surface area contributed by atoms with Crippen molar-refractivity contribution in [2.75, 3.05) is 0 Å². The van der Waals surface area contributed by atoms with Crippen LogP contribution in [-0.2, 0) is 24.1 Å². The molecular weight excluding hydrogens is 435 g/mol. The highest BCUT2D eigenvalue weighted by Crippen LogP contribution is 2.30. The maximum Gasteiger partial charge on any atom is 0.416 e. The van der Waals surface area contributed by atoms with Crippen LogP contribution in [0.4, 0.5) is 13.2 Å². The van der Waals surface area contributed by atoms with E-state index >= 15 is 0 Å². The zero-order valence-corrected chi connectivity index (χ0v) is 18.4. The van der Waals surface area contributed by atoms with E-state index in [1.54, 1.807) is 0 Å². The van der Waals surface area contributed by atoms with Gasteiger partial charge in [0.25, 0.3) is 5.91 Å². The minimum Gasteiger partial charge on any atom is -0.374 e. The van der Waals surface area contributed by atoms with E-state index in [1.165, 1.54) is 25.1 Å². The molecule has 6 nitrogen and oxygen atoms in total. The number of carbonyl (C=O) groups excluding carboxylic acids is 1. The van der Waals surface area contributed by atoms with Crippen LogP contribution in [0.15, 0.2) is 59.4 Å². The first-order valence-electron chi connectivity index (χ1n) is 10.3. The largest absolute Gasteiger partial charge is 0.416 e. The van der Waals surface area contributed by atoms with Crippen molar-refractivity contribution in [1.82, 2.24) is 15.1 Å². The Hall–Kier alpha value is -3.46. The number of alkyl halides is 3. The molecule has 0 aliphatic carbocycles. The van der Waals surface area contributed by atoms with E-state index in [-0.39, 0.29) is 18.3 Å². The third-order valence-electron chi connectivity index (χ3n) is 4.77. The second-order valence-corrected chi connectivity index (χ2v) is 7.82. The summed E-state index contributed by atoms with van der Waals surface area (Å²) in [5.41, 5.74) is 0.258. The predicted molar refractivity (Wildman–Crippen MR) is 117 cm³/mol. The summed E-state index contributed by atoms with van der Waals surface area (Å²) in [5.74, 6) is -0.718. The fourth-order valence-corrected chi connectivity index (χ4v) is 3.14. The lowest BCUT2D eigenvalue weighted by molar-refractivity contribution is -0.137. The van der Waals surface area contributed by atoms with Gasteiger partial charge in [0.15, 0.2) is 5.69 Å². The lowest BCUT2D eigenvalue weighted by Gasteiger charge is -2.14. The van der Waals surface area contributed by atoms with Gasteiger partial charge in [-0.15, -0.1) is 0 Å². The van der Waals surface area contributed by atoms with Crippen LogP contribution >= 0.6 is 0 Å². The summed E-state index contributed by atoms with van der Waals surface area (Å²) in [6.07, 6.45) is -4.45. The smallest absolute Gasteiger partial charge is 0.374 e. The number of nitrogens with one attached hydrogen (secondary N) is 1. The van der Waals surface area contributed by atoms with Gasteiger partial charge in [0.1, 0.15) is 0 Å². The number of halogens is 3. The fraction of sp³-hybridized carbons (Fsp3) is 0.292. The van der Waals surface area contributed by atoms with Crippen molar-refractivity contribution in [2.45, 2.75) is 46.2 Å². The Morgan fingerprint density at radius 1 is 1.09 bits per heavy atom. The average molecular weight is 459 g/mol. The molecule has 2 aromatic carbocycles. The number of hydrogen-bond acceptors (Lipinski definition) is 4. The van der Waals surface area contributed by atoms with Gasteiger partial charge in [0, 0.05) is 18.3 Å². The molecule has 1 heterocycles. The van der Waals surface area contributed by atoms with Crippen molar-refractivity contribution in [3.63, 3.8) is 0 Å². The molecule has 1 amide bonds. The monoisotopic (exact) mass is 459 g/mol. The predicted octanol–water partition coefficient (Wildman–Crippen LogP) is 4.41. The number of aromatic nitrogens is 2. The number of rotatable bonds is 7. The second kappa shape index (κ2) is 9.99. The minimum atomic E-state index is -4.53. The van der Waals surface area contributed by atoms with Crippen LogP contribution in [0.1, 0.15) is 46.7 Å². The van der Waals surface area contributed by atoms with Crippen molar-refractivity contribution in [2.24, 2.45) is 0 Å². The molecule has 9 heteroatoms. The Morgan fingerprint density at radius 2 is 1.79 bits per heavy atom. The molecule has 0 aliphatic heterocycles. The molecule has 33 heavy (non-hydrogen) atoms. The van der Waals surface area contributed by atoms with E-state index in [1.807, 2.05) is 38.1 Å². The molecule has 174 valence electrons. The third kappa shape index (κ3) is 6.29. The van der Waals surface area contributed by atoms with E-state index in [9.17, 15) is 22.8 Å². The molecule has 0 fully saturated rings. The Balaban J connectivity index is 1.81. The molecule has 0 saturated heterocycles. The van der Waals surface area contributed by atoms with E-state index in [2.05, 4.69) is 10.4 Å². The Labute approximate surface area is 189 Å². The lowest BCUT2D eigenvalue weighted by atomic mass is 10.1. The van der Waals surface area contributed by atoms with Gasteiger partial charge in [0.2, 0.25) is 5.43 Å². The molecule has 0 saturated carbocycles. The molecule has 0 atom stereocenters. The number of hydrogen-bond donors (Lipinski definition) is 1. The molecule has 1 aromatic heterocycles. The Morgan fingerprint density at radius 3 is 2.48 bits per heavy atom. The first-order chi connectivity index (χ1) is 15.5. The van der Waals surface area contributed by atoms with Crippen LogP contribution in [0.2, 0.25) is 0 Å². The Kier molecular flexibility index (Phi) is 7.33. The van der Waals surface area contributed by atoms with Crippen molar-refractivity contribution in [3.05, 3.63) is 92.9 Å². The number of benzene rings is 2. The van der Waals surface area contributed by atoms with Crippen molar-refractivity contribution < 1.29 is 22.7 Å². The summed E-state index contributed by atoms with van der Waals surface area (Å²) in [4.78, 5) is 25.0. The third-order valence-corrected chi connectivity index (χ3v) is 4.77. The number of nitrogens with zero attached hydrogens (tertiary/aromatic N) is 2. The first-order valence-corrected chi connectivity index (χ1v) is 10.3. The number of amides is 1. The average Bonchev–Trinajstić information content (AvgIpc) is 2.76. The van der Waals surface area contributed by atoms with E-state index < -0.39 is 28.8 Å². The summed E-state index contributed by atoms with van der Waals surface area (Å²) in [6.45, 7) is 5.98. The van der Waals surface area contributed by atoms with E-state index in [0.29, 0.717) is 12.3 Å². The van der Waals surface area contributed by atoms with Crippen molar-refractivity contribution >= 4 is 5.91 Å². The SMILES string of the molecule is Cc1cc(=O)c(C(=O)NCc2cccc(COC(C)C)c2)nn1-c1cccc(C(F)(F)F)c1. The molecule has 1 N–H and O–H groups in total. The zero-order valence-electron chi connectivity index (χ0n) is 18.4. The molecule has 0 aliphatic rings. The van der Waals surface area contributed by atoms with Crippen LogP contribution < -0.4 is 10.7 Å². The van der Waals surface area contributed by atoms with Crippen LogP contribution in [0.5, 0.6) is 0 Å². The lowest BCUT2D eigenvalue weighted by Crippen LogP contribution is -2.31. The molecule has 3 aromatic rings. The van der Waals surface area contributed by atoms with Crippen LogP contribution in [0.25, 0.3) is 5.69 Å². The normalized spacial score (nSPS) is 11.6. The maximum absolute atomic E-state index is 13.1. The molecule has 0 unspecified atom stereocenters. The summed E-state index contributed by atoms with van der Waals surface area (Å²) >= 11 is 0. The summed E-state index contributed by atoms with van der Waals surface area (Å²) < 4.78 is 46.0. The van der Waals surface area contributed by atoms with Gasteiger partial charge in [-0.05, 0) is 50.1 Å². The molecule has 0 radical (unpaired) electrons. The van der Waals surface area contributed by atoms with Gasteiger partial charge in [-0.2, -0.15) is 18.3 Å². The summed E-state index contributed by atoms with van der Waals surface area (Å²) in [7, 11) is 0. The van der Waals surface area contributed by atoms with Gasteiger partial charge < -0.3 is 10.1 Å². The highest BCUT2D eigenvalue weighted by molar-refractivity contribution is 5.92. The zero-order chi connectivity index (χ0) is 24.2. The summed E-state index contributed by atoms with van der Waals surface area (Å²) in [5, 5.41) is 6.69. The fourth-order valence-electron chi connectivity index (χ4n) is 3.14. The second-order valence-electron chi connectivity index (χ2n) is 7.82. The quantitative estimate of drug-likeness (QED) is 0.568. The first kappa shape index (κ1) is 24.2. The van der Waals surface area contributed by atoms with Crippen LogP contribution in [0, 0.1) is 6.92 Å². The number of carbonyl (C=O) groups is 1. The molecule has 0 spiro atoms. The number of ether oxygens (including phenoxy) is 1. The standard InChI is InChI=1S/C24H24F3N3O3/c1-15(2)33-14-18-7-4-6-17(11-18)13-28-23(32)22-21(31)10-16(3)30(29-22)20-9-5-8-19(12-20)24(25,26)27/h4-12,15H,13-14H2,1-3H3,(H,28,32). The summed E-state index contributed by atoms with van der Waals surface area (Å²) in [6, 6.07) is 13.1. The molecule has 0 bridgehead atoms.